The van der Waals surface area contributed by atoms with Crippen LogP contribution in [0, 0.1) is 5.92 Å². The number of nitrogens with zero attached hydrogens (tertiary/aromatic N) is 2. The summed E-state index contributed by atoms with van der Waals surface area (Å²) in [5.74, 6) is -1.57. The number of hydrogen-bond acceptors (Lipinski definition) is 3. The average Bonchev–Trinajstić information content (AvgIpc) is 2.98. The van der Waals surface area contributed by atoms with E-state index >= 15 is 0 Å². The first-order valence-electron chi connectivity index (χ1n) is 9.16. The summed E-state index contributed by atoms with van der Waals surface area (Å²) in [5.41, 5.74) is 2.75. The van der Waals surface area contributed by atoms with E-state index in [2.05, 4.69) is 15.6 Å². The number of aryl methyl sites for hydroxylation is 1. The van der Waals surface area contributed by atoms with Gasteiger partial charge in [0.05, 0.1) is 0 Å². The average molecular weight is 392 g/mol. The summed E-state index contributed by atoms with van der Waals surface area (Å²) in [6, 6.07) is 5.32. The molecule has 0 bridgehead atoms. The number of hydrogen-bond donors (Lipinski definition) is 2. The molecule has 0 fully saturated rings. The smallest absolute Gasteiger partial charge is 0.326 e. The molecule has 1 atom stereocenters. The highest BCUT2D eigenvalue weighted by Gasteiger charge is 2.39. The highest BCUT2D eigenvalue weighted by molar-refractivity contribution is 5.95. The summed E-state index contributed by atoms with van der Waals surface area (Å²) in [6.45, 7) is 0.110. The zero-order valence-electron chi connectivity index (χ0n) is 15.0. The topological polar surface area (TPSA) is 76.0 Å². The van der Waals surface area contributed by atoms with Crippen LogP contribution in [0.25, 0.3) is 0 Å². The lowest BCUT2D eigenvalue weighted by molar-refractivity contribution is -0.147. The fraction of sp³-hybridized carbons (Fsp3) is 0.421. The van der Waals surface area contributed by atoms with Crippen molar-refractivity contribution in [3.05, 3.63) is 41.5 Å². The van der Waals surface area contributed by atoms with E-state index in [1.54, 1.807) is 12.1 Å². The zero-order chi connectivity index (χ0) is 19.9. The number of fused-ring (bicyclic) bond motifs is 2. The van der Waals surface area contributed by atoms with E-state index in [-0.39, 0.29) is 24.8 Å². The van der Waals surface area contributed by atoms with Crippen LogP contribution < -0.4 is 10.6 Å². The first kappa shape index (κ1) is 18.5. The van der Waals surface area contributed by atoms with Gasteiger partial charge in [-0.05, 0) is 43.0 Å². The number of benzene rings is 1. The van der Waals surface area contributed by atoms with Crippen molar-refractivity contribution in [1.29, 1.82) is 0 Å². The molecule has 1 aromatic carbocycles. The normalized spacial score (nSPS) is 19.2. The Balaban J connectivity index is 1.46. The largest absolute Gasteiger partial charge is 0.449 e. The molecule has 0 saturated heterocycles. The summed E-state index contributed by atoms with van der Waals surface area (Å²) in [7, 11) is 0. The van der Waals surface area contributed by atoms with Crippen molar-refractivity contribution in [2.45, 2.75) is 44.8 Å². The number of halogens is 3. The van der Waals surface area contributed by atoms with E-state index in [1.165, 1.54) is 6.20 Å². The first-order chi connectivity index (χ1) is 13.3. The molecular weight excluding hydrogens is 373 g/mol. The molecule has 6 nitrogen and oxygen atoms in total. The standard InChI is InChI=1S/C19H19F3N4O2/c20-19(21,22)18-23-10-14-9-12(6-7-26(14)18)17(28)24-13-4-5-15-11(8-13)2-1-3-16(27)25-15/h4-5,8,10,12H,1-3,6-7,9H2,(H,24,28)(H,25,27)/t12-/m0/s1. The van der Waals surface area contributed by atoms with Crippen LogP contribution in [0.15, 0.2) is 24.4 Å². The Bertz CT molecular complexity index is 936. The van der Waals surface area contributed by atoms with Crippen molar-refractivity contribution in [3.63, 3.8) is 0 Å². The van der Waals surface area contributed by atoms with Crippen LogP contribution in [-0.2, 0) is 35.2 Å². The Morgan fingerprint density at radius 3 is 2.89 bits per heavy atom. The molecule has 0 saturated carbocycles. The quantitative estimate of drug-likeness (QED) is 0.823. The lowest BCUT2D eigenvalue weighted by atomic mass is 9.95. The maximum atomic E-state index is 13.0. The van der Waals surface area contributed by atoms with E-state index in [0.717, 1.165) is 28.7 Å². The van der Waals surface area contributed by atoms with Crippen molar-refractivity contribution in [1.82, 2.24) is 9.55 Å². The Kier molecular flexibility index (Phi) is 4.60. The van der Waals surface area contributed by atoms with Crippen molar-refractivity contribution in [2.75, 3.05) is 10.6 Å². The second-order valence-corrected chi connectivity index (χ2v) is 7.18. The minimum atomic E-state index is -4.50. The van der Waals surface area contributed by atoms with Crippen molar-refractivity contribution in [2.24, 2.45) is 5.92 Å². The lowest BCUT2D eigenvalue weighted by Gasteiger charge is -2.24. The predicted octanol–water partition coefficient (Wildman–Crippen LogP) is 3.38. The monoisotopic (exact) mass is 392 g/mol. The lowest BCUT2D eigenvalue weighted by Crippen LogP contribution is -2.31. The molecule has 4 rings (SSSR count). The molecule has 3 heterocycles. The minimum Gasteiger partial charge on any atom is -0.326 e. The maximum absolute atomic E-state index is 13.0. The van der Waals surface area contributed by atoms with Gasteiger partial charge in [0.25, 0.3) is 0 Å². The molecule has 1 aromatic heterocycles. The number of carbonyl (C=O) groups is 2. The predicted molar refractivity (Wildman–Crippen MR) is 95.7 cm³/mol. The fourth-order valence-corrected chi connectivity index (χ4v) is 3.81. The summed E-state index contributed by atoms with van der Waals surface area (Å²) < 4.78 is 40.0. The summed E-state index contributed by atoms with van der Waals surface area (Å²) >= 11 is 0. The van der Waals surface area contributed by atoms with Gasteiger partial charge in [0.1, 0.15) is 0 Å². The van der Waals surface area contributed by atoms with Gasteiger partial charge in [-0.1, -0.05) is 0 Å². The van der Waals surface area contributed by atoms with E-state index < -0.39 is 17.9 Å². The van der Waals surface area contributed by atoms with Gasteiger partial charge in [-0.15, -0.1) is 0 Å². The minimum absolute atomic E-state index is 0.0208. The molecule has 2 amide bonds. The van der Waals surface area contributed by atoms with Gasteiger partial charge in [0, 0.05) is 48.6 Å². The van der Waals surface area contributed by atoms with E-state index in [0.29, 0.717) is 24.2 Å². The van der Waals surface area contributed by atoms with Crippen LogP contribution in [-0.4, -0.2) is 21.4 Å². The molecule has 28 heavy (non-hydrogen) atoms. The summed E-state index contributed by atoms with van der Waals surface area (Å²) in [5, 5.41) is 5.70. The van der Waals surface area contributed by atoms with Gasteiger partial charge in [-0.2, -0.15) is 13.2 Å². The van der Waals surface area contributed by atoms with Gasteiger partial charge >= 0.3 is 6.18 Å². The van der Waals surface area contributed by atoms with E-state index in [1.807, 2.05) is 6.07 Å². The maximum Gasteiger partial charge on any atom is 0.449 e. The van der Waals surface area contributed by atoms with Gasteiger partial charge in [0.15, 0.2) is 0 Å². The van der Waals surface area contributed by atoms with Crippen molar-refractivity contribution in [3.8, 4) is 0 Å². The van der Waals surface area contributed by atoms with Crippen LogP contribution in [0.3, 0.4) is 0 Å². The third-order valence-corrected chi connectivity index (χ3v) is 5.22. The van der Waals surface area contributed by atoms with E-state index in [9.17, 15) is 22.8 Å². The molecular formula is C19H19F3N4O2. The Labute approximate surface area is 159 Å². The third kappa shape index (κ3) is 3.61. The van der Waals surface area contributed by atoms with Gasteiger partial charge in [-0.25, -0.2) is 4.98 Å². The number of alkyl halides is 3. The number of imidazole rings is 1. The van der Waals surface area contributed by atoms with Crippen molar-refractivity contribution < 1.29 is 22.8 Å². The molecule has 148 valence electrons. The van der Waals surface area contributed by atoms with Gasteiger partial charge < -0.3 is 15.2 Å². The molecule has 0 aliphatic carbocycles. The van der Waals surface area contributed by atoms with Crippen molar-refractivity contribution >= 4 is 23.2 Å². The number of carbonyl (C=O) groups excluding carboxylic acids is 2. The van der Waals surface area contributed by atoms with Gasteiger partial charge in [-0.3, -0.25) is 9.59 Å². The Hall–Kier alpha value is -2.84. The SMILES string of the molecule is O=C1CCCc2cc(NC(=O)[C@H]3CCn4c(cnc4C(F)(F)F)C3)ccc2N1. The number of rotatable bonds is 2. The first-order valence-corrected chi connectivity index (χ1v) is 9.16. The van der Waals surface area contributed by atoms with Crippen LogP contribution in [0.5, 0.6) is 0 Å². The number of aromatic nitrogens is 2. The molecule has 0 unspecified atom stereocenters. The third-order valence-electron chi connectivity index (χ3n) is 5.22. The van der Waals surface area contributed by atoms with Crippen LogP contribution in [0.1, 0.15) is 36.3 Å². The Morgan fingerprint density at radius 1 is 1.29 bits per heavy atom. The highest BCUT2D eigenvalue weighted by Crippen LogP contribution is 2.33. The zero-order valence-corrected chi connectivity index (χ0v) is 15.0. The van der Waals surface area contributed by atoms with Crippen LogP contribution in [0.4, 0.5) is 24.5 Å². The van der Waals surface area contributed by atoms with Crippen LogP contribution >= 0.6 is 0 Å². The van der Waals surface area contributed by atoms with E-state index in [4.69, 9.17) is 0 Å². The molecule has 9 heteroatoms. The molecule has 2 aliphatic heterocycles. The fourth-order valence-electron chi connectivity index (χ4n) is 3.81. The Morgan fingerprint density at radius 2 is 2.11 bits per heavy atom. The van der Waals surface area contributed by atoms with Crippen LogP contribution in [0.2, 0.25) is 0 Å². The molecule has 0 spiro atoms. The van der Waals surface area contributed by atoms with Gasteiger partial charge in [0.2, 0.25) is 17.6 Å². The highest BCUT2D eigenvalue weighted by atomic mass is 19.4. The second-order valence-electron chi connectivity index (χ2n) is 7.18. The molecule has 2 aliphatic rings. The molecule has 2 aromatic rings. The molecule has 0 radical (unpaired) electrons. The number of amides is 2. The number of nitrogens with one attached hydrogen (secondary N) is 2. The second kappa shape index (κ2) is 6.96. The summed E-state index contributed by atoms with van der Waals surface area (Å²) in [6.07, 6.45) is -0.815. The number of anilines is 2. The summed E-state index contributed by atoms with van der Waals surface area (Å²) in [4.78, 5) is 27.7. The molecule has 2 N–H and O–H groups in total.